The summed E-state index contributed by atoms with van der Waals surface area (Å²) in [5.74, 6) is -1.21. The molecule has 1 aromatic heterocycles. The molecule has 2 aromatic carbocycles. The lowest BCUT2D eigenvalue weighted by Crippen LogP contribution is -2.71. The molecule has 9 nitrogen and oxygen atoms in total. The van der Waals surface area contributed by atoms with Crippen molar-refractivity contribution < 1.29 is 20.1 Å². The second-order valence-electron chi connectivity index (χ2n) is 10.2. The number of hydrogen-bond donors (Lipinski definition) is 2. The van der Waals surface area contributed by atoms with E-state index in [4.69, 9.17) is 23.2 Å². The molecule has 0 unspecified atom stereocenters. The third-order valence-electron chi connectivity index (χ3n) is 6.43. The Morgan fingerprint density at radius 2 is 1.52 bits per heavy atom. The van der Waals surface area contributed by atoms with Gasteiger partial charge in [-0.05, 0) is 59.4 Å². The molecular formula is C28H34Cl2N5O4S+. The first-order chi connectivity index (χ1) is 18.9. The van der Waals surface area contributed by atoms with Crippen molar-refractivity contribution in [1.82, 2.24) is 13.8 Å². The summed E-state index contributed by atoms with van der Waals surface area (Å²) < 4.78 is 2.79. The predicted molar refractivity (Wildman–Crippen MR) is 156 cm³/mol. The molecule has 214 valence electrons. The van der Waals surface area contributed by atoms with Crippen molar-refractivity contribution in [1.29, 1.82) is 0 Å². The van der Waals surface area contributed by atoms with E-state index in [1.807, 2.05) is 27.7 Å². The third kappa shape index (κ3) is 8.23. The molecule has 0 saturated carbocycles. The zero-order valence-corrected chi connectivity index (χ0v) is 25.2. The summed E-state index contributed by atoms with van der Waals surface area (Å²) in [5.41, 5.74) is 4.64. The average Bonchev–Trinajstić information content (AvgIpc) is 3.19. The minimum absolute atomic E-state index is 0.00834. The molecule has 2 atom stereocenters. The van der Waals surface area contributed by atoms with Crippen LogP contribution in [0.5, 0.6) is 0 Å². The predicted octanol–water partition coefficient (Wildman–Crippen LogP) is 3.17. The van der Waals surface area contributed by atoms with Gasteiger partial charge in [-0.15, -0.1) is 0 Å². The Morgan fingerprint density at radius 3 is 2.08 bits per heavy atom. The van der Waals surface area contributed by atoms with Crippen molar-refractivity contribution in [2.45, 2.75) is 59.3 Å². The van der Waals surface area contributed by atoms with Gasteiger partial charge in [-0.1, -0.05) is 63.0 Å². The molecule has 4 N–H and O–H groups in total. The van der Waals surface area contributed by atoms with E-state index in [9.17, 15) is 19.2 Å². The average molecular weight is 608 g/mol. The van der Waals surface area contributed by atoms with Gasteiger partial charge in [0.15, 0.2) is 11.8 Å². The van der Waals surface area contributed by atoms with E-state index >= 15 is 0 Å². The standard InChI is InChI=1S/C28H33Cl2N5O4S/c1-16(2)23(31)26(38)32-24(17(3)4)22(36)13-14-34-27(33-25(37)19-7-11-21(30)12-8-19)40-35(28(34)39)15-18-5-9-20(29)10-6-18/h5-12,16-17,23-24H,13-15,31H2,1-4H3,(H,32,38)/p+1/t23-,24-/m1/s1. The monoisotopic (exact) mass is 606 g/mol. The van der Waals surface area contributed by atoms with Crippen molar-refractivity contribution in [3.8, 4) is 0 Å². The number of aromatic nitrogens is 2. The number of nitrogens with one attached hydrogen (secondary N) is 1. The fourth-order valence-electron chi connectivity index (χ4n) is 3.83. The van der Waals surface area contributed by atoms with Gasteiger partial charge in [0.1, 0.15) is 0 Å². The maximum atomic E-state index is 13.4. The van der Waals surface area contributed by atoms with E-state index in [-0.39, 0.29) is 47.8 Å². The fraction of sp³-hybridized carbons (Fsp3) is 0.393. The summed E-state index contributed by atoms with van der Waals surface area (Å²) in [6.45, 7) is 7.71. The number of carbonyl (C=O) groups excluding carboxylic acids is 3. The lowest BCUT2D eigenvalue weighted by atomic mass is 9.96. The maximum Gasteiger partial charge on any atom is 0.340 e. The van der Waals surface area contributed by atoms with Crippen LogP contribution in [0.15, 0.2) is 58.3 Å². The number of quaternary nitrogens is 1. The van der Waals surface area contributed by atoms with Gasteiger partial charge < -0.3 is 11.1 Å². The molecule has 0 fully saturated rings. The summed E-state index contributed by atoms with van der Waals surface area (Å²) in [4.78, 5) is 56.5. The number of rotatable bonds is 11. The minimum Gasteiger partial charge on any atom is -0.347 e. The number of halogens is 2. The number of ketones is 1. The second kappa shape index (κ2) is 14.0. The van der Waals surface area contributed by atoms with Crippen LogP contribution in [-0.4, -0.2) is 38.2 Å². The smallest absolute Gasteiger partial charge is 0.340 e. The molecule has 1 heterocycles. The first-order valence-corrected chi connectivity index (χ1v) is 14.5. The van der Waals surface area contributed by atoms with Crippen LogP contribution >= 0.6 is 34.7 Å². The van der Waals surface area contributed by atoms with E-state index in [1.165, 1.54) is 8.52 Å². The van der Waals surface area contributed by atoms with Crippen LogP contribution in [0.3, 0.4) is 0 Å². The van der Waals surface area contributed by atoms with Gasteiger partial charge in [-0.2, -0.15) is 4.99 Å². The van der Waals surface area contributed by atoms with Gasteiger partial charge in [0.25, 0.3) is 11.8 Å². The van der Waals surface area contributed by atoms with Crippen LogP contribution < -0.4 is 21.5 Å². The van der Waals surface area contributed by atoms with Gasteiger partial charge in [0.2, 0.25) is 4.80 Å². The molecule has 40 heavy (non-hydrogen) atoms. The molecule has 3 rings (SSSR count). The first-order valence-electron chi connectivity index (χ1n) is 12.9. The summed E-state index contributed by atoms with van der Waals surface area (Å²) in [6, 6.07) is 12.1. The Labute approximate surface area is 246 Å². The molecule has 0 spiro atoms. The first kappa shape index (κ1) is 31.5. The van der Waals surface area contributed by atoms with Gasteiger partial charge in [0.05, 0.1) is 12.6 Å². The quantitative estimate of drug-likeness (QED) is 0.347. The van der Waals surface area contributed by atoms with E-state index < -0.39 is 23.7 Å². The summed E-state index contributed by atoms with van der Waals surface area (Å²) >= 11 is 13.0. The molecule has 0 aliphatic carbocycles. The van der Waals surface area contributed by atoms with Crippen LogP contribution in [-0.2, 0) is 22.7 Å². The largest absolute Gasteiger partial charge is 0.347 e. The highest BCUT2D eigenvalue weighted by molar-refractivity contribution is 7.03. The van der Waals surface area contributed by atoms with Crippen molar-refractivity contribution in [3.05, 3.63) is 85.0 Å². The van der Waals surface area contributed by atoms with Crippen LogP contribution in [0.4, 0.5) is 0 Å². The second-order valence-corrected chi connectivity index (χ2v) is 12.1. The van der Waals surface area contributed by atoms with E-state index in [0.717, 1.165) is 17.1 Å². The van der Waals surface area contributed by atoms with Crippen molar-refractivity contribution in [2.75, 3.05) is 0 Å². The third-order valence-corrected chi connectivity index (χ3v) is 7.91. The number of amides is 2. The molecular weight excluding hydrogens is 573 g/mol. The number of carbonyl (C=O) groups is 3. The van der Waals surface area contributed by atoms with E-state index in [1.54, 1.807) is 48.5 Å². The summed E-state index contributed by atoms with van der Waals surface area (Å²) in [6.07, 6.45) is -0.0398. The number of Topliss-reactive ketones (excluding diaryl/α,β-unsaturated/α-hetero) is 1. The van der Waals surface area contributed by atoms with Gasteiger partial charge in [-0.3, -0.25) is 19.0 Å². The molecule has 0 aliphatic heterocycles. The minimum atomic E-state index is -0.734. The Morgan fingerprint density at radius 1 is 0.950 bits per heavy atom. The topological polar surface area (TPSA) is 130 Å². The molecule has 2 amide bonds. The highest BCUT2D eigenvalue weighted by Gasteiger charge is 2.29. The Bertz CT molecular complexity index is 1470. The fourth-order valence-corrected chi connectivity index (χ4v) is 5.07. The molecule has 0 radical (unpaired) electrons. The maximum absolute atomic E-state index is 13.4. The van der Waals surface area contributed by atoms with Gasteiger partial charge >= 0.3 is 5.69 Å². The lowest BCUT2D eigenvalue weighted by Gasteiger charge is -2.23. The number of nitrogens with zero attached hydrogens (tertiary/aromatic N) is 3. The summed E-state index contributed by atoms with van der Waals surface area (Å²) in [5, 5.41) is 3.88. The molecule has 12 heteroatoms. The van der Waals surface area contributed by atoms with Crippen LogP contribution in [0.1, 0.15) is 50.0 Å². The normalized spacial score (nSPS) is 13.5. The van der Waals surface area contributed by atoms with Crippen LogP contribution in [0.2, 0.25) is 10.0 Å². The van der Waals surface area contributed by atoms with Crippen molar-refractivity contribution in [3.63, 3.8) is 0 Å². The SMILES string of the molecule is CC(C)[C@@H]([NH3+])C(=O)N[C@@H](C(=O)CCn1c(=NC(=O)c2ccc(Cl)cc2)sn(Cc2ccc(Cl)cc2)c1=O)C(C)C. The summed E-state index contributed by atoms with van der Waals surface area (Å²) in [7, 11) is 0. The lowest BCUT2D eigenvalue weighted by molar-refractivity contribution is -0.414. The molecule has 0 aliphatic rings. The Balaban J connectivity index is 1.92. The van der Waals surface area contributed by atoms with Gasteiger partial charge in [-0.25, -0.2) is 8.75 Å². The van der Waals surface area contributed by atoms with Crippen LogP contribution in [0.25, 0.3) is 0 Å². The van der Waals surface area contributed by atoms with Crippen LogP contribution in [0, 0.1) is 11.8 Å². The zero-order chi connectivity index (χ0) is 29.6. The Kier molecular flexibility index (Phi) is 11.0. The van der Waals surface area contributed by atoms with E-state index in [0.29, 0.717) is 15.6 Å². The van der Waals surface area contributed by atoms with Gasteiger partial charge in [0, 0.05) is 34.5 Å². The highest BCUT2D eigenvalue weighted by atomic mass is 35.5. The van der Waals surface area contributed by atoms with E-state index in [2.05, 4.69) is 16.0 Å². The van der Waals surface area contributed by atoms with Crippen molar-refractivity contribution in [2.24, 2.45) is 16.8 Å². The molecule has 0 saturated heterocycles. The Hall–Kier alpha value is -3.05. The van der Waals surface area contributed by atoms with Crippen molar-refractivity contribution >= 4 is 52.3 Å². The molecule has 0 bridgehead atoms. The molecule has 3 aromatic rings. The highest BCUT2D eigenvalue weighted by Crippen LogP contribution is 2.12. The zero-order valence-electron chi connectivity index (χ0n) is 22.9. The number of benzene rings is 2. The number of hydrogen-bond acceptors (Lipinski definition) is 5.